The quantitative estimate of drug-likeness (QED) is 0.691. The number of ketones is 1. The second-order valence-corrected chi connectivity index (χ2v) is 9.72. The van der Waals surface area contributed by atoms with Crippen molar-refractivity contribution in [2.24, 2.45) is 22.2 Å². The molecule has 6 atom stereocenters. The minimum Gasteiger partial charge on any atom is -0.458 e. The van der Waals surface area contributed by atoms with Crippen molar-refractivity contribution in [2.45, 2.75) is 82.8 Å². The van der Waals surface area contributed by atoms with Crippen LogP contribution in [0.3, 0.4) is 0 Å². The Morgan fingerprint density at radius 1 is 1.08 bits per heavy atom. The zero-order valence-electron chi connectivity index (χ0n) is 15.1. The summed E-state index contributed by atoms with van der Waals surface area (Å²) in [6.45, 7) is 4.38. The van der Waals surface area contributed by atoms with Gasteiger partial charge in [-0.3, -0.25) is 9.59 Å². The predicted octanol–water partition coefficient (Wildman–Crippen LogP) is 3.42. The van der Waals surface area contributed by atoms with Crippen molar-refractivity contribution < 1.29 is 19.1 Å². The Hall–Kier alpha value is -0.900. The molecule has 0 aromatic heterocycles. The van der Waals surface area contributed by atoms with Gasteiger partial charge in [0.05, 0.1) is 11.0 Å². The summed E-state index contributed by atoms with van der Waals surface area (Å²) in [5.74, 6) is 0.648. The van der Waals surface area contributed by atoms with Crippen LogP contribution in [0.15, 0.2) is 0 Å². The van der Waals surface area contributed by atoms with Crippen LogP contribution in [0.5, 0.6) is 0 Å². The molecule has 132 valence electrons. The molecule has 1 spiro atoms. The zero-order chi connectivity index (χ0) is 17.0. The third-order valence-corrected chi connectivity index (χ3v) is 9.32. The molecule has 4 saturated carbocycles. The van der Waals surface area contributed by atoms with Crippen LogP contribution in [0.25, 0.3) is 0 Å². The van der Waals surface area contributed by atoms with E-state index in [-0.39, 0.29) is 33.7 Å². The highest BCUT2D eigenvalue weighted by atomic mass is 16.6. The van der Waals surface area contributed by atoms with Crippen LogP contribution >= 0.6 is 0 Å². The summed E-state index contributed by atoms with van der Waals surface area (Å²) in [7, 11) is 1.76. The second-order valence-electron chi connectivity index (χ2n) is 9.72. The van der Waals surface area contributed by atoms with Gasteiger partial charge in [0, 0.05) is 30.3 Å². The molecule has 4 bridgehead atoms. The maximum Gasteiger partial charge on any atom is 0.312 e. The molecule has 1 saturated heterocycles. The van der Waals surface area contributed by atoms with Gasteiger partial charge in [0.15, 0.2) is 0 Å². The maximum atomic E-state index is 13.3. The smallest absolute Gasteiger partial charge is 0.312 e. The van der Waals surface area contributed by atoms with Gasteiger partial charge in [-0.1, -0.05) is 6.92 Å². The molecular weight excluding hydrogens is 304 g/mol. The second kappa shape index (κ2) is 4.08. The van der Waals surface area contributed by atoms with Crippen molar-refractivity contribution in [3.8, 4) is 0 Å². The highest BCUT2D eigenvalue weighted by molar-refractivity contribution is 5.91. The van der Waals surface area contributed by atoms with Crippen molar-refractivity contribution in [3.05, 3.63) is 0 Å². The standard InChI is InChI=1S/C20H28O4/c1-16-6-4-7-20(24-15(16)22)13(16)5-8-19-12-18(23-3,11-14(19)21)10-9-17(19,20)2/h13H,4-12H2,1-3H3/t13-,16-,17+,18+,19+,20+/m1/s1. The van der Waals surface area contributed by atoms with Crippen molar-refractivity contribution in [3.63, 3.8) is 0 Å². The summed E-state index contributed by atoms with van der Waals surface area (Å²) in [6.07, 6.45) is 7.99. The number of fused-ring (bicyclic) bond motifs is 1. The normalized spacial score (nSPS) is 58.2. The van der Waals surface area contributed by atoms with Gasteiger partial charge in [-0.25, -0.2) is 0 Å². The molecule has 24 heavy (non-hydrogen) atoms. The lowest BCUT2D eigenvalue weighted by molar-refractivity contribution is -0.232. The van der Waals surface area contributed by atoms with Crippen molar-refractivity contribution in [1.29, 1.82) is 0 Å². The first-order valence-corrected chi connectivity index (χ1v) is 9.60. The van der Waals surface area contributed by atoms with Gasteiger partial charge in [0.25, 0.3) is 0 Å². The van der Waals surface area contributed by atoms with Crippen LogP contribution < -0.4 is 0 Å². The van der Waals surface area contributed by atoms with E-state index in [1.165, 1.54) is 0 Å². The molecule has 0 amide bonds. The van der Waals surface area contributed by atoms with E-state index in [9.17, 15) is 9.59 Å². The largest absolute Gasteiger partial charge is 0.458 e. The molecule has 0 aromatic rings. The SMILES string of the molecule is CO[C@]12CC[C@@]3(C)[C@@](CC[C@@H]4[C@@]5(C)CCC[C@]43OC5=O)(C1)C(=O)C2. The van der Waals surface area contributed by atoms with E-state index in [1.807, 2.05) is 0 Å². The van der Waals surface area contributed by atoms with Gasteiger partial charge in [0.2, 0.25) is 0 Å². The first-order valence-electron chi connectivity index (χ1n) is 9.60. The summed E-state index contributed by atoms with van der Waals surface area (Å²) in [5, 5.41) is 0. The van der Waals surface area contributed by atoms with Gasteiger partial charge in [-0.2, -0.15) is 0 Å². The molecule has 4 aliphatic carbocycles. The topological polar surface area (TPSA) is 52.6 Å². The third kappa shape index (κ3) is 1.30. The molecule has 1 heterocycles. The Balaban J connectivity index is 1.69. The van der Waals surface area contributed by atoms with Crippen molar-refractivity contribution >= 4 is 11.8 Å². The number of esters is 1. The van der Waals surface area contributed by atoms with E-state index >= 15 is 0 Å². The van der Waals surface area contributed by atoms with Crippen LogP contribution in [0, 0.1) is 22.2 Å². The van der Waals surface area contributed by atoms with Gasteiger partial charge in [-0.05, 0) is 58.3 Å². The minimum atomic E-state index is -0.421. The molecule has 5 rings (SSSR count). The zero-order valence-corrected chi connectivity index (χ0v) is 15.1. The minimum absolute atomic E-state index is 0.00250. The van der Waals surface area contributed by atoms with Crippen molar-refractivity contribution in [2.75, 3.05) is 7.11 Å². The van der Waals surface area contributed by atoms with Gasteiger partial charge < -0.3 is 9.47 Å². The number of hydrogen-bond acceptors (Lipinski definition) is 4. The molecule has 4 heteroatoms. The van der Waals surface area contributed by atoms with Crippen LogP contribution in [0.1, 0.15) is 71.6 Å². The summed E-state index contributed by atoms with van der Waals surface area (Å²) < 4.78 is 12.1. The highest BCUT2D eigenvalue weighted by Gasteiger charge is 2.80. The van der Waals surface area contributed by atoms with E-state index in [2.05, 4.69) is 13.8 Å². The number of ether oxygens (including phenoxy) is 2. The molecule has 1 aliphatic heterocycles. The molecule has 5 fully saturated rings. The Morgan fingerprint density at radius 2 is 1.88 bits per heavy atom. The lowest BCUT2D eigenvalue weighted by Crippen LogP contribution is -2.67. The number of rotatable bonds is 1. The summed E-state index contributed by atoms with van der Waals surface area (Å²) in [6, 6.07) is 0. The van der Waals surface area contributed by atoms with Crippen molar-refractivity contribution in [1.82, 2.24) is 0 Å². The van der Waals surface area contributed by atoms with Crippen LogP contribution in [-0.2, 0) is 19.1 Å². The molecule has 0 unspecified atom stereocenters. The van der Waals surface area contributed by atoms with Crippen LogP contribution in [-0.4, -0.2) is 30.1 Å². The Morgan fingerprint density at radius 3 is 2.62 bits per heavy atom. The number of hydrogen-bond donors (Lipinski definition) is 0. The molecule has 4 nitrogen and oxygen atoms in total. The average molecular weight is 332 g/mol. The average Bonchev–Trinajstić information content (AvgIpc) is 2.86. The molecule has 5 aliphatic rings. The van der Waals surface area contributed by atoms with Gasteiger partial charge in [0.1, 0.15) is 11.4 Å². The molecule has 0 radical (unpaired) electrons. The summed E-state index contributed by atoms with van der Waals surface area (Å²) in [4.78, 5) is 26.1. The van der Waals surface area contributed by atoms with Crippen LogP contribution in [0.2, 0.25) is 0 Å². The first kappa shape index (κ1) is 15.4. The molecule has 0 aromatic carbocycles. The monoisotopic (exact) mass is 332 g/mol. The fraction of sp³-hybridized carbons (Fsp3) is 0.900. The van der Waals surface area contributed by atoms with E-state index in [1.54, 1.807) is 7.11 Å². The van der Waals surface area contributed by atoms with Crippen LogP contribution in [0.4, 0.5) is 0 Å². The summed E-state index contributed by atoms with van der Waals surface area (Å²) in [5.41, 5.74) is -1.59. The lowest BCUT2D eigenvalue weighted by Gasteiger charge is -2.64. The maximum absolute atomic E-state index is 13.3. The number of carbonyl (C=O) groups is 2. The number of methoxy groups -OCH3 is 1. The van der Waals surface area contributed by atoms with Gasteiger partial charge >= 0.3 is 5.97 Å². The molecular formula is C20H28O4. The fourth-order valence-electron chi connectivity index (χ4n) is 7.88. The van der Waals surface area contributed by atoms with E-state index in [0.717, 1.165) is 51.4 Å². The third-order valence-electron chi connectivity index (χ3n) is 9.32. The first-order chi connectivity index (χ1) is 11.3. The van der Waals surface area contributed by atoms with E-state index in [0.29, 0.717) is 12.2 Å². The Kier molecular flexibility index (Phi) is 2.61. The Bertz CT molecular complexity index is 658. The Labute approximate surface area is 143 Å². The number of carbonyl (C=O) groups excluding carboxylic acids is 2. The highest BCUT2D eigenvalue weighted by Crippen LogP contribution is 2.77. The van der Waals surface area contributed by atoms with E-state index < -0.39 is 5.60 Å². The summed E-state index contributed by atoms with van der Waals surface area (Å²) >= 11 is 0. The molecule has 0 N–H and O–H groups in total. The predicted molar refractivity (Wildman–Crippen MR) is 87.3 cm³/mol. The number of Topliss-reactive ketones (excluding diaryl/α,β-unsaturated/α-hetero) is 1. The van der Waals surface area contributed by atoms with E-state index in [4.69, 9.17) is 9.47 Å². The fourth-order valence-corrected chi connectivity index (χ4v) is 7.88. The lowest BCUT2D eigenvalue weighted by atomic mass is 9.39. The van der Waals surface area contributed by atoms with Gasteiger partial charge in [-0.15, -0.1) is 0 Å².